The number of fused-ring (bicyclic) bond motifs is 1. The lowest BCUT2D eigenvalue weighted by Crippen LogP contribution is -2.08. The Morgan fingerprint density at radius 2 is 2.33 bits per heavy atom. The average Bonchev–Trinajstić information content (AvgIpc) is 2.94. The molecule has 2 aromatic rings. The monoisotopic (exact) mass is 349 g/mol. The van der Waals surface area contributed by atoms with Crippen molar-refractivity contribution in [3.05, 3.63) is 35.1 Å². The third-order valence-corrected chi connectivity index (χ3v) is 3.38. The van der Waals surface area contributed by atoms with Gasteiger partial charge in [0.25, 0.3) is 0 Å². The predicted molar refractivity (Wildman–Crippen MR) is 92.3 cm³/mol. The van der Waals surface area contributed by atoms with Crippen molar-refractivity contribution < 1.29 is 19.2 Å². The summed E-state index contributed by atoms with van der Waals surface area (Å²) in [6.07, 6.45) is 3.58. The number of allylic oxidation sites excluding steroid dienone is 1. The molecule has 1 N–H and O–H groups in total. The van der Waals surface area contributed by atoms with Gasteiger partial charge in [-0.3, -0.25) is 4.79 Å². The number of aromatic nitrogens is 1. The summed E-state index contributed by atoms with van der Waals surface area (Å²) >= 11 is 6.21. The van der Waals surface area contributed by atoms with Crippen molar-refractivity contribution in [2.24, 2.45) is 9.98 Å². The second-order valence-electron chi connectivity index (χ2n) is 4.78. The van der Waals surface area contributed by atoms with E-state index in [0.29, 0.717) is 33.3 Å². The van der Waals surface area contributed by atoms with E-state index in [9.17, 15) is 4.79 Å². The summed E-state index contributed by atoms with van der Waals surface area (Å²) in [5.74, 6) is -0.104. The molecule has 0 aliphatic carbocycles. The SMILES string of the molecule is C=N/C(COc1cc2onc(CCC(=O)O)c2cc1Cl)=N\C=C/C. The van der Waals surface area contributed by atoms with Crippen LogP contribution in [0.1, 0.15) is 19.0 Å². The Balaban J connectivity index is 2.19. The van der Waals surface area contributed by atoms with Crippen molar-refractivity contribution in [1.29, 1.82) is 0 Å². The molecule has 0 bridgehead atoms. The molecule has 1 heterocycles. The van der Waals surface area contributed by atoms with Gasteiger partial charge in [-0.1, -0.05) is 22.8 Å². The highest BCUT2D eigenvalue weighted by Gasteiger charge is 2.14. The largest absolute Gasteiger partial charge is 0.484 e. The lowest BCUT2D eigenvalue weighted by Gasteiger charge is -2.07. The Morgan fingerprint density at radius 1 is 1.54 bits per heavy atom. The zero-order valence-corrected chi connectivity index (χ0v) is 13.8. The van der Waals surface area contributed by atoms with Crippen molar-refractivity contribution >= 4 is 41.1 Å². The van der Waals surface area contributed by atoms with Crippen LogP contribution in [0.25, 0.3) is 11.0 Å². The molecule has 0 spiro atoms. The summed E-state index contributed by atoms with van der Waals surface area (Å²) < 4.78 is 10.8. The molecule has 7 nitrogen and oxygen atoms in total. The maximum atomic E-state index is 10.7. The first-order chi connectivity index (χ1) is 11.5. The van der Waals surface area contributed by atoms with Gasteiger partial charge in [0, 0.05) is 24.1 Å². The van der Waals surface area contributed by atoms with E-state index in [-0.39, 0.29) is 19.4 Å². The second-order valence-corrected chi connectivity index (χ2v) is 5.18. The zero-order chi connectivity index (χ0) is 17.5. The number of benzene rings is 1. The molecule has 0 amide bonds. The smallest absolute Gasteiger partial charge is 0.303 e. The first kappa shape index (κ1) is 17.7. The topological polar surface area (TPSA) is 97.3 Å². The number of ether oxygens (including phenoxy) is 1. The van der Waals surface area contributed by atoms with Gasteiger partial charge in [-0.05, 0) is 19.7 Å². The molecule has 0 saturated heterocycles. The molecule has 8 heteroatoms. The number of amidine groups is 1. The normalized spacial score (nSPS) is 12.0. The Labute approximate surface area is 143 Å². The minimum Gasteiger partial charge on any atom is -0.484 e. The average molecular weight is 350 g/mol. The van der Waals surface area contributed by atoms with Gasteiger partial charge in [-0.25, -0.2) is 9.98 Å². The van der Waals surface area contributed by atoms with Crippen LogP contribution in [0.3, 0.4) is 0 Å². The lowest BCUT2D eigenvalue weighted by molar-refractivity contribution is -0.136. The van der Waals surface area contributed by atoms with Crippen LogP contribution in [0.15, 0.2) is 38.9 Å². The number of halogens is 1. The maximum Gasteiger partial charge on any atom is 0.303 e. The molecule has 0 radical (unpaired) electrons. The van der Waals surface area contributed by atoms with Gasteiger partial charge in [0.2, 0.25) is 0 Å². The molecule has 0 atom stereocenters. The van der Waals surface area contributed by atoms with Crippen LogP contribution in [-0.4, -0.2) is 35.4 Å². The highest BCUT2D eigenvalue weighted by molar-refractivity contribution is 6.32. The number of carbonyl (C=O) groups is 1. The summed E-state index contributed by atoms with van der Waals surface area (Å²) in [6, 6.07) is 3.25. The van der Waals surface area contributed by atoms with E-state index < -0.39 is 5.97 Å². The van der Waals surface area contributed by atoms with Crippen LogP contribution < -0.4 is 4.74 Å². The number of carboxylic acids is 1. The van der Waals surface area contributed by atoms with Gasteiger partial charge in [0.05, 0.1) is 17.1 Å². The van der Waals surface area contributed by atoms with Crippen LogP contribution in [0.2, 0.25) is 5.02 Å². The highest BCUT2D eigenvalue weighted by Crippen LogP contribution is 2.32. The van der Waals surface area contributed by atoms with Crippen molar-refractivity contribution in [1.82, 2.24) is 5.16 Å². The Morgan fingerprint density at radius 3 is 3.00 bits per heavy atom. The van der Waals surface area contributed by atoms with Crippen LogP contribution in [0, 0.1) is 0 Å². The molecular weight excluding hydrogens is 334 g/mol. The quantitative estimate of drug-likeness (QED) is 0.609. The number of carboxylic acid groups (broad SMARTS) is 1. The molecule has 0 fully saturated rings. The van der Waals surface area contributed by atoms with Crippen molar-refractivity contribution in [3.63, 3.8) is 0 Å². The fraction of sp³-hybridized carbons (Fsp3) is 0.250. The second kappa shape index (κ2) is 8.26. The molecule has 24 heavy (non-hydrogen) atoms. The maximum absolute atomic E-state index is 10.7. The standard InChI is InChI=1S/C16H16ClN3O4/c1-3-6-19-15(18-2)9-23-14-8-13-10(7-11(14)17)12(20-24-13)4-5-16(21)22/h3,6-8H,2,4-5,9H2,1H3,(H,21,22)/b6-3-,19-15-. The molecule has 0 saturated carbocycles. The van der Waals surface area contributed by atoms with E-state index in [1.54, 1.807) is 24.4 Å². The van der Waals surface area contributed by atoms with Gasteiger partial charge in [-0.2, -0.15) is 0 Å². The van der Waals surface area contributed by atoms with Crippen LogP contribution >= 0.6 is 11.6 Å². The van der Waals surface area contributed by atoms with Gasteiger partial charge >= 0.3 is 5.97 Å². The van der Waals surface area contributed by atoms with Gasteiger partial charge in [-0.15, -0.1) is 0 Å². The summed E-state index contributed by atoms with van der Waals surface area (Å²) in [7, 11) is 0. The van der Waals surface area contributed by atoms with E-state index >= 15 is 0 Å². The molecule has 0 unspecified atom stereocenters. The van der Waals surface area contributed by atoms with Crippen molar-refractivity contribution in [2.75, 3.05) is 6.61 Å². The first-order valence-corrected chi connectivity index (χ1v) is 7.50. The minimum absolute atomic E-state index is 0.0344. The highest BCUT2D eigenvalue weighted by atomic mass is 35.5. The lowest BCUT2D eigenvalue weighted by atomic mass is 10.1. The summed E-state index contributed by atoms with van der Waals surface area (Å²) in [5.41, 5.74) is 1.01. The van der Waals surface area contributed by atoms with Gasteiger partial charge in [0.15, 0.2) is 11.4 Å². The van der Waals surface area contributed by atoms with Crippen LogP contribution in [-0.2, 0) is 11.2 Å². The van der Waals surface area contributed by atoms with Crippen molar-refractivity contribution in [3.8, 4) is 5.75 Å². The van der Waals surface area contributed by atoms with Crippen LogP contribution in [0.5, 0.6) is 5.75 Å². The number of nitrogens with zero attached hydrogens (tertiary/aromatic N) is 3. The number of aryl methyl sites for hydroxylation is 1. The summed E-state index contributed by atoms with van der Waals surface area (Å²) in [5, 5.41) is 13.7. The molecule has 0 aliphatic rings. The molecule has 0 aliphatic heterocycles. The zero-order valence-electron chi connectivity index (χ0n) is 13.0. The molecule has 126 valence electrons. The van der Waals surface area contributed by atoms with Crippen molar-refractivity contribution in [2.45, 2.75) is 19.8 Å². The fourth-order valence-electron chi connectivity index (χ4n) is 1.93. The Hall–Kier alpha value is -2.67. The summed E-state index contributed by atoms with van der Waals surface area (Å²) in [4.78, 5) is 18.5. The molecule has 2 rings (SSSR count). The van der Waals surface area contributed by atoms with E-state index in [4.69, 9.17) is 26.0 Å². The van der Waals surface area contributed by atoms with E-state index in [1.165, 1.54) is 0 Å². The Kier molecular flexibility index (Phi) is 6.08. The number of aliphatic imine (C=N–C) groups is 2. The number of aliphatic carboxylic acids is 1. The third-order valence-electron chi connectivity index (χ3n) is 3.09. The Bertz CT molecular complexity index is 811. The van der Waals surface area contributed by atoms with E-state index in [2.05, 4.69) is 21.9 Å². The number of rotatable bonds is 7. The molecule has 1 aromatic heterocycles. The molecule has 1 aromatic carbocycles. The van der Waals surface area contributed by atoms with Crippen LogP contribution in [0.4, 0.5) is 0 Å². The van der Waals surface area contributed by atoms with E-state index in [0.717, 1.165) is 0 Å². The molecular formula is C16H16ClN3O4. The van der Waals surface area contributed by atoms with Gasteiger partial charge < -0.3 is 14.4 Å². The third kappa shape index (κ3) is 4.42. The van der Waals surface area contributed by atoms with E-state index in [1.807, 2.05) is 6.92 Å². The first-order valence-electron chi connectivity index (χ1n) is 7.12. The number of hydrogen-bond donors (Lipinski definition) is 1. The predicted octanol–water partition coefficient (Wildman–Crippen LogP) is 3.51. The van der Waals surface area contributed by atoms with Gasteiger partial charge in [0.1, 0.15) is 12.4 Å². The minimum atomic E-state index is -0.901. The number of hydrogen-bond acceptors (Lipinski definition) is 5. The fourth-order valence-corrected chi connectivity index (χ4v) is 2.15. The summed E-state index contributed by atoms with van der Waals surface area (Å²) in [6.45, 7) is 5.36.